The Kier molecular flexibility index (Phi) is 9.35. The van der Waals surface area contributed by atoms with Crippen LogP contribution in [-0.4, -0.2) is 29.0 Å². The lowest BCUT2D eigenvalue weighted by molar-refractivity contribution is -0.116. The van der Waals surface area contributed by atoms with Gasteiger partial charge in [0.25, 0.3) is 0 Å². The highest BCUT2D eigenvalue weighted by Crippen LogP contribution is 2.35. The number of thioether (sulfide) groups is 1. The van der Waals surface area contributed by atoms with Gasteiger partial charge in [-0.15, -0.1) is 11.8 Å². The first-order chi connectivity index (χ1) is 13.6. The third kappa shape index (κ3) is 6.26. The quantitative estimate of drug-likeness (QED) is 0.158. The number of nitrogens with zero attached hydrogens (tertiary/aromatic N) is 1. The average Bonchev–Trinajstić information content (AvgIpc) is 2.68. The lowest BCUT2D eigenvalue weighted by Crippen LogP contribution is -2.24. The van der Waals surface area contributed by atoms with Gasteiger partial charge in [0.15, 0.2) is 5.78 Å². The maximum Gasteiger partial charge on any atom is 0.168 e. The zero-order chi connectivity index (χ0) is 20.4. The number of oxime groups is 1. The largest absolute Gasteiger partial charge is 0.511 e. The van der Waals surface area contributed by atoms with Gasteiger partial charge >= 0.3 is 0 Å². The number of allylic oxidation sites excluding steroid dienone is 2. The maximum absolute atomic E-state index is 12.8. The second kappa shape index (κ2) is 11.7. The molecule has 4 nitrogen and oxygen atoms in total. The van der Waals surface area contributed by atoms with Crippen LogP contribution in [0.15, 0.2) is 58.3 Å². The Labute approximate surface area is 172 Å². The molecule has 0 saturated carbocycles. The number of rotatable bonds is 11. The second-order valence-corrected chi connectivity index (χ2v) is 8.16. The minimum absolute atomic E-state index is 0.00270. The maximum atomic E-state index is 12.8. The minimum Gasteiger partial charge on any atom is -0.511 e. The summed E-state index contributed by atoms with van der Waals surface area (Å²) in [6, 6.07) is 8.39. The van der Waals surface area contributed by atoms with E-state index in [1.165, 1.54) is 17.7 Å². The summed E-state index contributed by atoms with van der Waals surface area (Å²) in [4.78, 5) is 19.2. The molecule has 2 rings (SSSR count). The summed E-state index contributed by atoms with van der Waals surface area (Å²) in [7, 11) is 0. The van der Waals surface area contributed by atoms with Crippen molar-refractivity contribution in [3.05, 3.63) is 53.8 Å². The van der Waals surface area contributed by atoms with Gasteiger partial charge in [0.1, 0.15) is 12.4 Å². The van der Waals surface area contributed by atoms with Gasteiger partial charge in [-0.05, 0) is 42.2 Å². The molecule has 0 fully saturated rings. The third-order valence-corrected chi connectivity index (χ3v) is 5.80. The van der Waals surface area contributed by atoms with Crippen molar-refractivity contribution in [3.63, 3.8) is 0 Å². The van der Waals surface area contributed by atoms with Crippen molar-refractivity contribution in [2.45, 2.75) is 63.2 Å². The van der Waals surface area contributed by atoms with Crippen LogP contribution in [0.3, 0.4) is 0 Å². The molecule has 1 atom stereocenters. The molecule has 0 heterocycles. The standard InChI is InChI=1S/C23H31NO3S/c1-4-7-14-28-19-11-9-17(10-12-19)18-15-21(25)23(22(26)16-18)20(8-5-2)24-27-13-6-3/h6,9-12,18,25H,3-5,7-8,13-16H2,1-2H3. The number of unbranched alkanes of at least 4 members (excludes halogenated alkanes) is 1. The first-order valence-electron chi connectivity index (χ1n) is 10.1. The number of ketones is 1. The smallest absolute Gasteiger partial charge is 0.168 e. The van der Waals surface area contributed by atoms with Crippen molar-refractivity contribution in [3.8, 4) is 0 Å². The molecule has 0 saturated heterocycles. The number of carbonyl (C=O) groups is 1. The Morgan fingerprint density at radius 3 is 2.64 bits per heavy atom. The molecule has 0 aromatic heterocycles. The summed E-state index contributed by atoms with van der Waals surface area (Å²) < 4.78 is 0. The molecule has 1 aliphatic rings. The second-order valence-electron chi connectivity index (χ2n) is 6.99. The predicted octanol–water partition coefficient (Wildman–Crippen LogP) is 6.20. The molecule has 1 N–H and O–H groups in total. The predicted molar refractivity (Wildman–Crippen MR) is 117 cm³/mol. The SMILES string of the molecule is C=CCON=C(CCC)C1=C(O)CC(c2ccc(SCCCC)cc2)CC1=O. The molecule has 0 spiro atoms. The van der Waals surface area contributed by atoms with Crippen molar-refractivity contribution in [1.82, 2.24) is 0 Å². The molecule has 0 amide bonds. The highest BCUT2D eigenvalue weighted by Gasteiger charge is 2.31. The van der Waals surface area contributed by atoms with E-state index in [4.69, 9.17) is 4.84 Å². The van der Waals surface area contributed by atoms with Gasteiger partial charge in [-0.3, -0.25) is 4.79 Å². The number of Topliss-reactive ketones (excluding diaryl/α,β-unsaturated/α-hetero) is 1. The number of hydrogen-bond acceptors (Lipinski definition) is 5. The number of benzene rings is 1. The Morgan fingerprint density at radius 2 is 2.04 bits per heavy atom. The average molecular weight is 402 g/mol. The van der Waals surface area contributed by atoms with E-state index in [2.05, 4.69) is 42.9 Å². The van der Waals surface area contributed by atoms with Crippen molar-refractivity contribution >= 4 is 23.3 Å². The molecular formula is C23H31NO3S. The molecular weight excluding hydrogens is 370 g/mol. The van der Waals surface area contributed by atoms with Gasteiger partial charge < -0.3 is 9.94 Å². The Bertz CT molecular complexity index is 722. The van der Waals surface area contributed by atoms with Crippen molar-refractivity contribution in [1.29, 1.82) is 0 Å². The summed E-state index contributed by atoms with van der Waals surface area (Å²) in [5.41, 5.74) is 1.97. The van der Waals surface area contributed by atoms with Gasteiger partial charge in [-0.2, -0.15) is 0 Å². The highest BCUT2D eigenvalue weighted by molar-refractivity contribution is 7.99. The van der Waals surface area contributed by atoms with Gasteiger partial charge in [0.05, 0.1) is 11.3 Å². The third-order valence-electron chi connectivity index (χ3n) is 4.70. The molecule has 5 heteroatoms. The van der Waals surface area contributed by atoms with E-state index in [9.17, 15) is 9.90 Å². The molecule has 1 aromatic rings. The number of hydrogen-bond donors (Lipinski definition) is 1. The number of carbonyl (C=O) groups excluding carboxylic acids is 1. The zero-order valence-corrected chi connectivity index (χ0v) is 17.8. The first-order valence-corrected chi connectivity index (χ1v) is 11.1. The van der Waals surface area contributed by atoms with Crippen LogP contribution in [0.25, 0.3) is 0 Å². The Hall–Kier alpha value is -2.01. The van der Waals surface area contributed by atoms with Crippen LogP contribution >= 0.6 is 11.8 Å². The van der Waals surface area contributed by atoms with E-state index in [0.29, 0.717) is 30.5 Å². The molecule has 28 heavy (non-hydrogen) atoms. The van der Waals surface area contributed by atoms with Gasteiger partial charge in [-0.25, -0.2) is 0 Å². The van der Waals surface area contributed by atoms with Gasteiger partial charge in [0.2, 0.25) is 0 Å². The molecule has 0 bridgehead atoms. The molecule has 152 valence electrons. The number of aliphatic hydroxyl groups excluding tert-OH is 1. The zero-order valence-electron chi connectivity index (χ0n) is 16.9. The lowest BCUT2D eigenvalue weighted by Gasteiger charge is -2.24. The van der Waals surface area contributed by atoms with Crippen LogP contribution in [-0.2, 0) is 9.63 Å². The minimum atomic E-state index is -0.0652. The van der Waals surface area contributed by atoms with E-state index >= 15 is 0 Å². The summed E-state index contributed by atoms with van der Waals surface area (Å²) >= 11 is 1.86. The molecule has 0 aliphatic heterocycles. The molecule has 1 aliphatic carbocycles. The van der Waals surface area contributed by atoms with E-state index < -0.39 is 0 Å². The summed E-state index contributed by atoms with van der Waals surface area (Å²) in [5, 5.41) is 14.7. The summed E-state index contributed by atoms with van der Waals surface area (Å²) in [6.45, 7) is 8.08. The van der Waals surface area contributed by atoms with Crippen LogP contribution in [0, 0.1) is 0 Å². The van der Waals surface area contributed by atoms with Gasteiger partial charge in [-0.1, -0.05) is 56.6 Å². The summed E-state index contributed by atoms with van der Waals surface area (Å²) in [6.07, 6.45) is 6.26. The van der Waals surface area contributed by atoms with E-state index in [-0.39, 0.29) is 24.1 Å². The fraction of sp³-hybridized carbons (Fsp3) is 0.478. The van der Waals surface area contributed by atoms with E-state index in [1.54, 1.807) is 6.08 Å². The van der Waals surface area contributed by atoms with Crippen LogP contribution in [0.5, 0.6) is 0 Å². The van der Waals surface area contributed by atoms with Crippen molar-refractivity contribution < 1.29 is 14.7 Å². The van der Waals surface area contributed by atoms with Crippen LogP contribution in [0.2, 0.25) is 0 Å². The summed E-state index contributed by atoms with van der Waals surface area (Å²) in [5.74, 6) is 1.18. The fourth-order valence-corrected chi connectivity index (χ4v) is 4.25. The fourth-order valence-electron chi connectivity index (χ4n) is 3.25. The number of aliphatic hydroxyl groups is 1. The molecule has 0 radical (unpaired) electrons. The van der Waals surface area contributed by atoms with Crippen molar-refractivity contribution in [2.24, 2.45) is 5.16 Å². The Balaban J connectivity index is 2.13. The first kappa shape index (κ1) is 22.3. The van der Waals surface area contributed by atoms with Crippen LogP contribution in [0.4, 0.5) is 0 Å². The highest BCUT2D eigenvalue weighted by atomic mass is 32.2. The van der Waals surface area contributed by atoms with Crippen molar-refractivity contribution in [2.75, 3.05) is 12.4 Å². The normalized spacial score (nSPS) is 17.7. The Morgan fingerprint density at radius 1 is 1.29 bits per heavy atom. The van der Waals surface area contributed by atoms with Crippen LogP contribution < -0.4 is 0 Å². The monoisotopic (exact) mass is 401 g/mol. The van der Waals surface area contributed by atoms with Crippen LogP contribution in [0.1, 0.15) is 63.9 Å². The molecule has 1 aromatic carbocycles. The lowest BCUT2D eigenvalue weighted by atomic mass is 9.81. The van der Waals surface area contributed by atoms with E-state index in [1.807, 2.05) is 18.7 Å². The van der Waals surface area contributed by atoms with Gasteiger partial charge in [0, 0.05) is 17.7 Å². The van der Waals surface area contributed by atoms with E-state index in [0.717, 1.165) is 17.7 Å². The topological polar surface area (TPSA) is 58.9 Å². The molecule has 1 unspecified atom stereocenters.